The Morgan fingerprint density at radius 1 is 1.20 bits per heavy atom. The summed E-state index contributed by atoms with van der Waals surface area (Å²) in [5.74, 6) is 1.47. The van der Waals surface area contributed by atoms with Gasteiger partial charge in [0.1, 0.15) is 18.2 Å². The molecule has 1 heterocycles. The number of rotatable bonds is 5. The summed E-state index contributed by atoms with van der Waals surface area (Å²) in [6.07, 6.45) is 0. The molecule has 0 aliphatic carbocycles. The minimum absolute atomic E-state index is 0.0604. The minimum atomic E-state index is -0.351. The fourth-order valence-electron chi connectivity index (χ4n) is 1.62. The molecule has 6 nitrogen and oxygen atoms in total. The van der Waals surface area contributed by atoms with Crippen molar-refractivity contribution in [3.8, 4) is 11.4 Å². The van der Waals surface area contributed by atoms with Crippen LogP contribution in [0.15, 0.2) is 36.4 Å². The Kier molecular flexibility index (Phi) is 4.49. The molecule has 1 aromatic carbocycles. The van der Waals surface area contributed by atoms with Gasteiger partial charge < -0.3 is 15.4 Å². The van der Waals surface area contributed by atoms with Crippen LogP contribution < -0.4 is 10.6 Å². The standard InChI is InChI=1S/C14H16N4O2/c1-15-11-8-12(16-9-13(19)20-2)18-14(17-11)10-6-4-3-5-7-10/h3-8H,9H2,1-2H3,(H2,15,16,17,18). The normalized spacial score (nSPS) is 9.90. The van der Waals surface area contributed by atoms with Crippen molar-refractivity contribution < 1.29 is 9.53 Å². The zero-order valence-corrected chi connectivity index (χ0v) is 11.4. The van der Waals surface area contributed by atoms with Crippen molar-refractivity contribution in [2.24, 2.45) is 0 Å². The molecule has 0 atom stereocenters. The van der Waals surface area contributed by atoms with E-state index >= 15 is 0 Å². The predicted octanol–water partition coefficient (Wildman–Crippen LogP) is 1.77. The van der Waals surface area contributed by atoms with Gasteiger partial charge >= 0.3 is 5.97 Å². The minimum Gasteiger partial charge on any atom is -0.468 e. The highest BCUT2D eigenvalue weighted by Gasteiger charge is 2.07. The fraction of sp³-hybridized carbons (Fsp3) is 0.214. The molecular weight excluding hydrogens is 256 g/mol. The van der Waals surface area contributed by atoms with Gasteiger partial charge in [0.25, 0.3) is 0 Å². The van der Waals surface area contributed by atoms with Gasteiger partial charge in [0.15, 0.2) is 5.82 Å². The molecule has 0 aliphatic rings. The third-order valence-corrected chi connectivity index (χ3v) is 2.66. The fourth-order valence-corrected chi connectivity index (χ4v) is 1.62. The smallest absolute Gasteiger partial charge is 0.325 e. The van der Waals surface area contributed by atoms with Gasteiger partial charge in [0.2, 0.25) is 0 Å². The molecule has 0 bridgehead atoms. The van der Waals surface area contributed by atoms with E-state index in [2.05, 4.69) is 25.3 Å². The molecule has 0 unspecified atom stereocenters. The number of nitrogens with one attached hydrogen (secondary N) is 2. The first-order valence-corrected chi connectivity index (χ1v) is 6.16. The quantitative estimate of drug-likeness (QED) is 0.808. The van der Waals surface area contributed by atoms with E-state index in [9.17, 15) is 4.79 Å². The second-order valence-corrected chi connectivity index (χ2v) is 4.01. The number of methoxy groups -OCH3 is 1. The van der Waals surface area contributed by atoms with E-state index in [1.807, 2.05) is 30.3 Å². The van der Waals surface area contributed by atoms with E-state index in [1.54, 1.807) is 13.1 Å². The lowest BCUT2D eigenvalue weighted by Crippen LogP contribution is -2.16. The van der Waals surface area contributed by atoms with Crippen molar-refractivity contribution in [2.45, 2.75) is 0 Å². The van der Waals surface area contributed by atoms with Gasteiger partial charge in [0, 0.05) is 18.7 Å². The predicted molar refractivity (Wildman–Crippen MR) is 77.5 cm³/mol. The van der Waals surface area contributed by atoms with Crippen molar-refractivity contribution in [3.63, 3.8) is 0 Å². The Morgan fingerprint density at radius 2 is 1.90 bits per heavy atom. The zero-order valence-electron chi connectivity index (χ0n) is 11.4. The van der Waals surface area contributed by atoms with E-state index in [0.717, 1.165) is 5.56 Å². The van der Waals surface area contributed by atoms with Gasteiger partial charge in [-0.3, -0.25) is 4.79 Å². The van der Waals surface area contributed by atoms with Crippen LogP contribution in [-0.2, 0) is 9.53 Å². The van der Waals surface area contributed by atoms with Crippen LogP contribution in [0.1, 0.15) is 0 Å². The Labute approximate surface area is 117 Å². The molecular formula is C14H16N4O2. The molecule has 2 N–H and O–H groups in total. The van der Waals surface area contributed by atoms with Crippen LogP contribution in [0.4, 0.5) is 11.6 Å². The van der Waals surface area contributed by atoms with Crippen molar-refractivity contribution in [3.05, 3.63) is 36.4 Å². The number of hydrogen-bond donors (Lipinski definition) is 2. The second-order valence-electron chi connectivity index (χ2n) is 4.01. The maximum atomic E-state index is 11.2. The summed E-state index contributed by atoms with van der Waals surface area (Å²) < 4.78 is 4.58. The van der Waals surface area contributed by atoms with Gasteiger partial charge in [-0.1, -0.05) is 30.3 Å². The van der Waals surface area contributed by atoms with E-state index in [0.29, 0.717) is 17.5 Å². The molecule has 2 aromatic rings. The first-order chi connectivity index (χ1) is 9.72. The molecule has 0 fully saturated rings. The lowest BCUT2D eigenvalue weighted by Gasteiger charge is -2.09. The van der Waals surface area contributed by atoms with Crippen molar-refractivity contribution >= 4 is 17.6 Å². The highest BCUT2D eigenvalue weighted by Crippen LogP contribution is 2.19. The molecule has 0 saturated heterocycles. The third-order valence-electron chi connectivity index (χ3n) is 2.66. The topological polar surface area (TPSA) is 76.1 Å². The molecule has 20 heavy (non-hydrogen) atoms. The molecule has 0 radical (unpaired) electrons. The van der Waals surface area contributed by atoms with Crippen LogP contribution in [-0.4, -0.2) is 36.6 Å². The summed E-state index contributed by atoms with van der Waals surface area (Å²) in [4.78, 5) is 19.9. The molecule has 0 aliphatic heterocycles. The van der Waals surface area contributed by atoms with Gasteiger partial charge in [-0.15, -0.1) is 0 Å². The average molecular weight is 272 g/mol. The number of ether oxygens (including phenoxy) is 1. The molecule has 0 saturated carbocycles. The van der Waals surface area contributed by atoms with E-state index in [4.69, 9.17) is 0 Å². The number of carbonyl (C=O) groups excluding carboxylic acids is 1. The van der Waals surface area contributed by atoms with Crippen LogP contribution >= 0.6 is 0 Å². The summed E-state index contributed by atoms with van der Waals surface area (Å²) in [5, 5.41) is 5.89. The van der Waals surface area contributed by atoms with E-state index < -0.39 is 0 Å². The molecule has 0 spiro atoms. The largest absolute Gasteiger partial charge is 0.468 e. The maximum Gasteiger partial charge on any atom is 0.325 e. The monoisotopic (exact) mass is 272 g/mol. The SMILES string of the molecule is CNc1cc(NCC(=O)OC)nc(-c2ccccc2)n1. The van der Waals surface area contributed by atoms with Crippen molar-refractivity contribution in [1.29, 1.82) is 0 Å². The molecule has 0 amide bonds. The van der Waals surface area contributed by atoms with Crippen LogP contribution in [0.5, 0.6) is 0 Å². The summed E-state index contributed by atoms with van der Waals surface area (Å²) in [6, 6.07) is 11.4. The lowest BCUT2D eigenvalue weighted by molar-refractivity contribution is -0.138. The van der Waals surface area contributed by atoms with Crippen molar-refractivity contribution in [2.75, 3.05) is 31.3 Å². The Hall–Kier alpha value is -2.63. The summed E-state index contributed by atoms with van der Waals surface area (Å²) in [6.45, 7) is 0.0604. The third kappa shape index (κ3) is 3.44. The number of aromatic nitrogens is 2. The summed E-state index contributed by atoms with van der Waals surface area (Å²) in [5.41, 5.74) is 0.908. The summed E-state index contributed by atoms with van der Waals surface area (Å²) in [7, 11) is 3.12. The Balaban J connectivity index is 2.27. The zero-order chi connectivity index (χ0) is 14.4. The first-order valence-electron chi connectivity index (χ1n) is 6.16. The number of esters is 1. The van der Waals surface area contributed by atoms with Gasteiger partial charge in [-0.25, -0.2) is 9.97 Å². The number of anilines is 2. The van der Waals surface area contributed by atoms with E-state index in [1.165, 1.54) is 7.11 Å². The van der Waals surface area contributed by atoms with Crippen LogP contribution in [0.3, 0.4) is 0 Å². The van der Waals surface area contributed by atoms with Crippen LogP contribution in [0.2, 0.25) is 0 Å². The second kappa shape index (κ2) is 6.51. The van der Waals surface area contributed by atoms with Crippen LogP contribution in [0, 0.1) is 0 Å². The van der Waals surface area contributed by atoms with Gasteiger partial charge in [0.05, 0.1) is 7.11 Å². The highest BCUT2D eigenvalue weighted by molar-refractivity contribution is 5.74. The average Bonchev–Trinajstić information content (AvgIpc) is 2.53. The maximum absolute atomic E-state index is 11.2. The summed E-state index contributed by atoms with van der Waals surface area (Å²) >= 11 is 0. The first kappa shape index (κ1) is 13.8. The lowest BCUT2D eigenvalue weighted by atomic mass is 10.2. The van der Waals surface area contributed by atoms with Gasteiger partial charge in [-0.2, -0.15) is 0 Å². The van der Waals surface area contributed by atoms with Crippen molar-refractivity contribution in [1.82, 2.24) is 9.97 Å². The van der Waals surface area contributed by atoms with Crippen LogP contribution in [0.25, 0.3) is 11.4 Å². The molecule has 6 heteroatoms. The number of hydrogen-bond acceptors (Lipinski definition) is 6. The van der Waals surface area contributed by atoms with Gasteiger partial charge in [-0.05, 0) is 0 Å². The molecule has 2 rings (SSSR count). The highest BCUT2D eigenvalue weighted by atomic mass is 16.5. The molecule has 1 aromatic heterocycles. The Morgan fingerprint density at radius 3 is 2.55 bits per heavy atom. The number of nitrogens with zero attached hydrogens (tertiary/aromatic N) is 2. The number of carbonyl (C=O) groups is 1. The number of benzene rings is 1. The van der Waals surface area contributed by atoms with E-state index in [-0.39, 0.29) is 12.5 Å². The molecule has 104 valence electrons. The Bertz CT molecular complexity index is 587.